The van der Waals surface area contributed by atoms with Crippen molar-refractivity contribution in [3.63, 3.8) is 0 Å². The molecule has 0 radical (unpaired) electrons. The van der Waals surface area contributed by atoms with Crippen molar-refractivity contribution in [3.8, 4) is 0 Å². The first-order chi connectivity index (χ1) is 9.77. The van der Waals surface area contributed by atoms with E-state index < -0.39 is 17.8 Å². The smallest absolute Gasteiger partial charge is 0.373 e. The molecule has 0 bridgehead atoms. The van der Waals surface area contributed by atoms with Crippen molar-refractivity contribution in [1.29, 1.82) is 0 Å². The van der Waals surface area contributed by atoms with Crippen molar-refractivity contribution in [3.05, 3.63) is 40.9 Å². The predicted octanol–water partition coefficient (Wildman–Crippen LogP) is 4.07. The highest BCUT2D eigenvalue weighted by Gasteiger charge is 2.35. The zero-order chi connectivity index (χ0) is 15.6. The Balaban J connectivity index is 2.39. The van der Waals surface area contributed by atoms with Crippen molar-refractivity contribution >= 4 is 28.9 Å². The lowest BCUT2D eigenvalue weighted by atomic mass is 10.3. The highest BCUT2D eigenvalue weighted by Crippen LogP contribution is 2.29. The van der Waals surface area contributed by atoms with Gasteiger partial charge in [0, 0.05) is 23.8 Å². The van der Waals surface area contributed by atoms with Gasteiger partial charge in [-0.25, -0.2) is 14.4 Å². The second-order valence-corrected chi connectivity index (χ2v) is 4.43. The highest BCUT2D eigenvalue weighted by atomic mass is 35.5. The monoisotopic (exact) mass is 320 g/mol. The number of nitrogens with zero attached hydrogens (tertiary/aromatic N) is 2. The third-order valence-corrected chi connectivity index (χ3v) is 2.59. The lowest BCUT2D eigenvalue weighted by Gasteiger charge is -2.11. The predicted molar refractivity (Wildman–Crippen MR) is 71.3 cm³/mol. The quantitative estimate of drug-likeness (QED) is 0.837. The minimum Gasteiger partial charge on any atom is -0.373 e. The van der Waals surface area contributed by atoms with E-state index in [1.54, 1.807) is 0 Å². The Morgan fingerprint density at radius 1 is 1.05 bits per heavy atom. The van der Waals surface area contributed by atoms with Crippen LogP contribution in [0.5, 0.6) is 0 Å². The zero-order valence-electron chi connectivity index (χ0n) is 10.6. The molecular formula is C12H9ClF4N4. The van der Waals surface area contributed by atoms with Crippen LogP contribution in [0.15, 0.2) is 24.3 Å². The lowest BCUT2D eigenvalue weighted by molar-refractivity contribution is -0.144. The molecule has 4 nitrogen and oxygen atoms in total. The standard InChI is InChI=1S/C12H9ClF4N4/c1-18-9-5-10(21-11(20-9)12(15,16)17)19-8-3-6(13)2-7(14)4-8/h2-5H,1H3,(H2,18,19,20,21). The van der Waals surface area contributed by atoms with E-state index in [1.165, 1.54) is 19.2 Å². The van der Waals surface area contributed by atoms with Crippen LogP contribution in [0.2, 0.25) is 5.02 Å². The van der Waals surface area contributed by atoms with Crippen LogP contribution in [0.4, 0.5) is 34.9 Å². The second-order valence-electron chi connectivity index (χ2n) is 3.99. The van der Waals surface area contributed by atoms with E-state index >= 15 is 0 Å². The molecule has 0 unspecified atom stereocenters. The van der Waals surface area contributed by atoms with Gasteiger partial charge in [-0.2, -0.15) is 13.2 Å². The summed E-state index contributed by atoms with van der Waals surface area (Å²) < 4.78 is 51.3. The minimum atomic E-state index is -4.69. The van der Waals surface area contributed by atoms with Gasteiger partial charge in [0.05, 0.1) is 0 Å². The summed E-state index contributed by atoms with van der Waals surface area (Å²) in [7, 11) is 1.42. The Labute approximate surface area is 122 Å². The Hall–Kier alpha value is -2.09. The van der Waals surface area contributed by atoms with Crippen molar-refractivity contribution in [1.82, 2.24) is 9.97 Å². The summed E-state index contributed by atoms with van der Waals surface area (Å²) >= 11 is 5.67. The van der Waals surface area contributed by atoms with Crippen LogP contribution >= 0.6 is 11.6 Å². The van der Waals surface area contributed by atoms with Gasteiger partial charge in [0.25, 0.3) is 0 Å². The van der Waals surface area contributed by atoms with Gasteiger partial charge in [-0.1, -0.05) is 11.6 Å². The van der Waals surface area contributed by atoms with Gasteiger partial charge in [0.1, 0.15) is 17.5 Å². The van der Waals surface area contributed by atoms with Crippen LogP contribution in [-0.2, 0) is 6.18 Å². The number of aromatic nitrogens is 2. The van der Waals surface area contributed by atoms with E-state index in [0.717, 1.165) is 12.1 Å². The Kier molecular flexibility index (Phi) is 4.17. The molecule has 0 aliphatic rings. The third kappa shape index (κ3) is 3.94. The average molecular weight is 321 g/mol. The van der Waals surface area contributed by atoms with Crippen molar-refractivity contribution in [2.75, 3.05) is 17.7 Å². The number of halogens is 5. The first-order valence-corrected chi connectivity index (χ1v) is 6.03. The zero-order valence-corrected chi connectivity index (χ0v) is 11.3. The van der Waals surface area contributed by atoms with Crippen LogP contribution in [-0.4, -0.2) is 17.0 Å². The number of hydrogen-bond donors (Lipinski definition) is 2. The van der Waals surface area contributed by atoms with Crippen LogP contribution in [0, 0.1) is 5.82 Å². The maximum atomic E-state index is 13.2. The van der Waals surface area contributed by atoms with Gasteiger partial charge < -0.3 is 10.6 Å². The fourth-order valence-electron chi connectivity index (χ4n) is 1.54. The minimum absolute atomic E-state index is 0.0256. The van der Waals surface area contributed by atoms with E-state index in [9.17, 15) is 17.6 Å². The van der Waals surface area contributed by atoms with Gasteiger partial charge >= 0.3 is 6.18 Å². The van der Waals surface area contributed by atoms with Crippen molar-refractivity contribution in [2.45, 2.75) is 6.18 Å². The normalized spacial score (nSPS) is 11.3. The topological polar surface area (TPSA) is 49.8 Å². The van der Waals surface area contributed by atoms with Crippen LogP contribution in [0.3, 0.4) is 0 Å². The average Bonchev–Trinajstić information content (AvgIpc) is 2.36. The summed E-state index contributed by atoms with van der Waals surface area (Å²) in [4.78, 5) is 6.67. The maximum Gasteiger partial charge on any atom is 0.451 e. The molecule has 0 fully saturated rings. The fourth-order valence-corrected chi connectivity index (χ4v) is 1.76. The van der Waals surface area contributed by atoms with Gasteiger partial charge in [-0.05, 0) is 18.2 Å². The van der Waals surface area contributed by atoms with E-state index in [-0.39, 0.29) is 22.3 Å². The third-order valence-electron chi connectivity index (χ3n) is 2.37. The highest BCUT2D eigenvalue weighted by molar-refractivity contribution is 6.30. The summed E-state index contributed by atoms with van der Waals surface area (Å²) in [6, 6.07) is 4.78. The molecule has 0 saturated heterocycles. The SMILES string of the molecule is CNc1cc(Nc2cc(F)cc(Cl)c2)nc(C(F)(F)F)n1. The largest absolute Gasteiger partial charge is 0.451 e. The summed E-state index contributed by atoms with van der Waals surface area (Å²) in [6.07, 6.45) is -4.69. The van der Waals surface area contributed by atoms with Crippen molar-refractivity contribution in [2.24, 2.45) is 0 Å². The molecule has 112 valence electrons. The Bertz CT molecular complexity index is 640. The second kappa shape index (κ2) is 5.72. The summed E-state index contributed by atoms with van der Waals surface area (Å²) in [5, 5.41) is 5.16. The molecule has 21 heavy (non-hydrogen) atoms. The summed E-state index contributed by atoms with van der Waals surface area (Å²) in [5.41, 5.74) is 0.175. The van der Waals surface area contributed by atoms with E-state index in [1.807, 2.05) is 0 Å². The van der Waals surface area contributed by atoms with E-state index in [2.05, 4.69) is 20.6 Å². The van der Waals surface area contributed by atoms with E-state index in [4.69, 9.17) is 11.6 Å². The van der Waals surface area contributed by atoms with Gasteiger partial charge in [-0.3, -0.25) is 0 Å². The van der Waals surface area contributed by atoms with Crippen molar-refractivity contribution < 1.29 is 17.6 Å². The molecule has 1 heterocycles. The molecular weight excluding hydrogens is 312 g/mol. The maximum absolute atomic E-state index is 13.2. The van der Waals surface area contributed by atoms with Crippen LogP contribution in [0.1, 0.15) is 5.82 Å². The number of hydrogen-bond acceptors (Lipinski definition) is 4. The fraction of sp³-hybridized carbons (Fsp3) is 0.167. The number of rotatable bonds is 3. The number of alkyl halides is 3. The number of anilines is 3. The molecule has 0 amide bonds. The van der Waals surface area contributed by atoms with E-state index in [0.29, 0.717) is 0 Å². The first-order valence-electron chi connectivity index (χ1n) is 5.65. The van der Waals surface area contributed by atoms with Gasteiger partial charge in [-0.15, -0.1) is 0 Å². The molecule has 0 spiro atoms. The molecule has 9 heteroatoms. The van der Waals surface area contributed by atoms with Crippen LogP contribution < -0.4 is 10.6 Å². The first kappa shape index (κ1) is 15.3. The van der Waals surface area contributed by atoms with Crippen LogP contribution in [0.25, 0.3) is 0 Å². The molecule has 2 rings (SSSR count). The molecule has 1 aromatic heterocycles. The molecule has 1 aromatic carbocycles. The Morgan fingerprint density at radius 3 is 2.29 bits per heavy atom. The summed E-state index contributed by atoms with van der Waals surface area (Å²) in [6.45, 7) is 0. The molecule has 0 aliphatic carbocycles. The van der Waals surface area contributed by atoms with Gasteiger partial charge in [0.15, 0.2) is 0 Å². The number of benzene rings is 1. The molecule has 0 saturated carbocycles. The summed E-state index contributed by atoms with van der Waals surface area (Å²) in [5.74, 6) is -2.09. The molecule has 0 aliphatic heterocycles. The Morgan fingerprint density at radius 2 is 1.71 bits per heavy atom. The molecule has 2 N–H and O–H groups in total. The number of nitrogens with one attached hydrogen (secondary N) is 2. The lowest BCUT2D eigenvalue weighted by Crippen LogP contribution is -2.13. The van der Waals surface area contributed by atoms with Gasteiger partial charge in [0.2, 0.25) is 5.82 Å². The molecule has 2 aromatic rings. The molecule has 0 atom stereocenters.